The molecule has 34 heavy (non-hydrogen) atoms. The highest BCUT2D eigenvalue weighted by molar-refractivity contribution is 5.71. The maximum Gasteiger partial charge on any atom is 0.248 e. The molecule has 2 N–H and O–H groups in total. The van der Waals surface area contributed by atoms with Crippen LogP contribution in [0.4, 0.5) is 17.6 Å². The summed E-state index contributed by atoms with van der Waals surface area (Å²) in [6.07, 6.45) is 7.35. The van der Waals surface area contributed by atoms with Crippen molar-refractivity contribution in [2.45, 2.75) is 18.9 Å². The SMILES string of the molecule is COc1cc(-n2cnc(Nc3nc(N4CCC[C@@H]4CO)c4cccn4n3)c2)cc(OC)c1OC. The fourth-order valence-electron chi connectivity index (χ4n) is 4.35. The summed E-state index contributed by atoms with van der Waals surface area (Å²) in [6.45, 7) is 0.942. The summed E-state index contributed by atoms with van der Waals surface area (Å²) in [5.74, 6) is 3.41. The third-order valence-electron chi connectivity index (χ3n) is 6.00. The fourth-order valence-corrected chi connectivity index (χ4v) is 4.35. The molecule has 0 unspecified atom stereocenters. The molecule has 1 aromatic carbocycles. The molecule has 0 amide bonds. The van der Waals surface area contributed by atoms with Gasteiger partial charge in [0.2, 0.25) is 11.7 Å². The second-order valence-electron chi connectivity index (χ2n) is 7.94. The van der Waals surface area contributed by atoms with Gasteiger partial charge in [-0.25, -0.2) is 9.50 Å². The first-order chi connectivity index (χ1) is 16.6. The minimum atomic E-state index is 0.0562. The van der Waals surface area contributed by atoms with Gasteiger partial charge in [0, 0.05) is 24.9 Å². The Kier molecular flexibility index (Phi) is 5.84. The number of aliphatic hydroxyl groups excluding tert-OH is 1. The summed E-state index contributed by atoms with van der Waals surface area (Å²) in [6, 6.07) is 7.65. The lowest BCUT2D eigenvalue weighted by atomic mass is 10.2. The lowest BCUT2D eigenvalue weighted by molar-refractivity contribution is 0.266. The van der Waals surface area contributed by atoms with Crippen LogP contribution in [0, 0.1) is 0 Å². The first kappa shape index (κ1) is 21.8. The zero-order chi connectivity index (χ0) is 23.7. The van der Waals surface area contributed by atoms with E-state index in [1.165, 1.54) is 0 Å². The topological polar surface area (TPSA) is 111 Å². The van der Waals surface area contributed by atoms with Gasteiger partial charge < -0.3 is 34.1 Å². The highest BCUT2D eigenvalue weighted by Gasteiger charge is 2.27. The number of nitrogens with one attached hydrogen (secondary N) is 1. The van der Waals surface area contributed by atoms with Crippen molar-refractivity contribution in [3.8, 4) is 22.9 Å². The molecule has 1 fully saturated rings. The average Bonchev–Trinajstić information content (AvgIpc) is 3.63. The average molecular weight is 466 g/mol. The summed E-state index contributed by atoms with van der Waals surface area (Å²) in [4.78, 5) is 11.4. The lowest BCUT2D eigenvalue weighted by Gasteiger charge is -2.25. The van der Waals surface area contributed by atoms with Crippen molar-refractivity contribution >= 4 is 23.1 Å². The van der Waals surface area contributed by atoms with Gasteiger partial charge in [-0.05, 0) is 25.0 Å². The third kappa shape index (κ3) is 3.83. The Morgan fingerprint density at radius 2 is 1.94 bits per heavy atom. The van der Waals surface area contributed by atoms with E-state index in [0.717, 1.165) is 36.4 Å². The van der Waals surface area contributed by atoms with Crippen LogP contribution in [0.15, 0.2) is 43.0 Å². The predicted octanol–water partition coefficient (Wildman–Crippen LogP) is 2.65. The van der Waals surface area contributed by atoms with Crippen LogP contribution in [0.2, 0.25) is 0 Å². The van der Waals surface area contributed by atoms with Crippen LogP contribution >= 0.6 is 0 Å². The number of anilines is 3. The molecule has 3 aromatic heterocycles. The summed E-state index contributed by atoms with van der Waals surface area (Å²) >= 11 is 0. The largest absolute Gasteiger partial charge is 0.493 e. The van der Waals surface area contributed by atoms with Crippen molar-refractivity contribution in [1.82, 2.24) is 24.1 Å². The van der Waals surface area contributed by atoms with Gasteiger partial charge in [-0.3, -0.25) is 0 Å². The Morgan fingerprint density at radius 1 is 1.15 bits per heavy atom. The van der Waals surface area contributed by atoms with Crippen LogP contribution in [0.25, 0.3) is 11.2 Å². The Labute approximate surface area is 196 Å². The number of hydrogen-bond acceptors (Lipinski definition) is 9. The first-order valence-electron chi connectivity index (χ1n) is 11.0. The molecule has 5 rings (SSSR count). The number of aliphatic hydroxyl groups is 1. The zero-order valence-corrected chi connectivity index (χ0v) is 19.3. The molecule has 11 heteroatoms. The van der Waals surface area contributed by atoms with Gasteiger partial charge in [0.25, 0.3) is 0 Å². The number of ether oxygens (including phenoxy) is 3. The second-order valence-corrected chi connectivity index (χ2v) is 7.94. The molecule has 0 bridgehead atoms. The minimum Gasteiger partial charge on any atom is -0.493 e. The predicted molar refractivity (Wildman–Crippen MR) is 127 cm³/mol. The number of rotatable bonds is 8. The number of methoxy groups -OCH3 is 3. The van der Waals surface area contributed by atoms with E-state index >= 15 is 0 Å². The molecule has 0 radical (unpaired) electrons. The Morgan fingerprint density at radius 3 is 2.65 bits per heavy atom. The van der Waals surface area contributed by atoms with E-state index in [1.807, 2.05) is 41.2 Å². The van der Waals surface area contributed by atoms with Crippen LogP contribution < -0.4 is 24.4 Å². The quantitative estimate of drug-likeness (QED) is 0.406. The molecule has 4 aromatic rings. The van der Waals surface area contributed by atoms with E-state index < -0.39 is 0 Å². The van der Waals surface area contributed by atoms with Gasteiger partial charge >= 0.3 is 0 Å². The van der Waals surface area contributed by atoms with E-state index in [-0.39, 0.29) is 12.6 Å². The maximum atomic E-state index is 9.80. The molecule has 178 valence electrons. The monoisotopic (exact) mass is 465 g/mol. The van der Waals surface area contributed by atoms with Crippen molar-refractivity contribution in [2.24, 2.45) is 0 Å². The minimum absolute atomic E-state index is 0.0562. The van der Waals surface area contributed by atoms with Crippen molar-refractivity contribution in [3.05, 3.63) is 43.0 Å². The Bertz CT molecular complexity index is 1280. The van der Waals surface area contributed by atoms with Crippen LogP contribution in [-0.2, 0) is 0 Å². The van der Waals surface area contributed by atoms with Crippen molar-refractivity contribution in [2.75, 3.05) is 44.7 Å². The smallest absolute Gasteiger partial charge is 0.248 e. The molecule has 11 nitrogen and oxygen atoms in total. The van der Waals surface area contributed by atoms with Gasteiger partial charge in [-0.1, -0.05) is 0 Å². The molecule has 4 heterocycles. The van der Waals surface area contributed by atoms with Crippen LogP contribution in [0.5, 0.6) is 17.2 Å². The molecule has 1 aliphatic rings. The highest BCUT2D eigenvalue weighted by atomic mass is 16.5. The number of aromatic nitrogens is 5. The van der Waals surface area contributed by atoms with Gasteiger partial charge in [0.1, 0.15) is 11.8 Å². The molecule has 0 spiro atoms. The second kappa shape index (κ2) is 9.10. The van der Waals surface area contributed by atoms with Gasteiger partial charge in [-0.2, -0.15) is 4.98 Å². The third-order valence-corrected chi connectivity index (χ3v) is 6.00. The molecular formula is C23H27N7O4. The summed E-state index contributed by atoms with van der Waals surface area (Å²) in [7, 11) is 4.73. The number of hydrogen-bond donors (Lipinski definition) is 2. The summed E-state index contributed by atoms with van der Waals surface area (Å²) in [5, 5.41) is 17.6. The van der Waals surface area contributed by atoms with Gasteiger partial charge in [-0.15, -0.1) is 5.10 Å². The van der Waals surface area contributed by atoms with E-state index in [4.69, 9.17) is 19.2 Å². The van der Waals surface area contributed by atoms with Crippen molar-refractivity contribution in [3.63, 3.8) is 0 Å². The zero-order valence-electron chi connectivity index (χ0n) is 19.3. The van der Waals surface area contributed by atoms with E-state index in [1.54, 1.807) is 32.2 Å². The molecular weight excluding hydrogens is 438 g/mol. The molecule has 1 aliphatic heterocycles. The van der Waals surface area contributed by atoms with Crippen molar-refractivity contribution in [1.29, 1.82) is 0 Å². The Hall–Kier alpha value is -3.99. The molecule has 1 saturated heterocycles. The van der Waals surface area contributed by atoms with Crippen LogP contribution in [-0.4, -0.2) is 69.8 Å². The fraction of sp³-hybridized carbons (Fsp3) is 0.348. The number of fused-ring (bicyclic) bond motifs is 1. The van der Waals surface area contributed by atoms with Crippen LogP contribution in [0.1, 0.15) is 12.8 Å². The number of imidazole rings is 1. The first-order valence-corrected chi connectivity index (χ1v) is 11.0. The summed E-state index contributed by atoms with van der Waals surface area (Å²) in [5.41, 5.74) is 1.69. The molecule has 0 aliphatic carbocycles. The van der Waals surface area contributed by atoms with E-state index in [0.29, 0.717) is 29.0 Å². The maximum absolute atomic E-state index is 9.80. The summed E-state index contributed by atoms with van der Waals surface area (Å²) < 4.78 is 19.9. The molecule has 0 saturated carbocycles. The molecule has 1 atom stereocenters. The number of benzene rings is 1. The standard InChI is InChI=1S/C23H27N7O4/c1-32-18-10-16(11-19(33-2)21(18)34-3)28-12-20(24-14-28)25-23-26-22(17-7-5-9-30(17)27-23)29-8-4-6-15(29)13-31/h5,7,9-12,14-15,31H,4,6,8,13H2,1-3H3,(H,25,27)/t15-/m1/s1. The van der Waals surface area contributed by atoms with E-state index in [2.05, 4.69) is 20.3 Å². The van der Waals surface area contributed by atoms with Gasteiger partial charge in [0.05, 0.1) is 45.9 Å². The Balaban J connectivity index is 1.46. The normalized spacial score (nSPS) is 15.6. The van der Waals surface area contributed by atoms with Crippen LogP contribution in [0.3, 0.4) is 0 Å². The number of nitrogens with zero attached hydrogens (tertiary/aromatic N) is 6. The highest BCUT2D eigenvalue weighted by Crippen LogP contribution is 2.39. The van der Waals surface area contributed by atoms with Gasteiger partial charge in [0.15, 0.2) is 23.1 Å². The lowest BCUT2D eigenvalue weighted by Crippen LogP contribution is -2.33. The van der Waals surface area contributed by atoms with E-state index in [9.17, 15) is 5.11 Å². The van der Waals surface area contributed by atoms with Crippen molar-refractivity contribution < 1.29 is 19.3 Å².